The number of amides is 1. The Labute approximate surface area is 187 Å². The van der Waals surface area contributed by atoms with E-state index in [1.807, 2.05) is 0 Å². The largest absolute Gasteiger partial charge is 0.462 e. The Bertz CT molecular complexity index is 1120. The van der Waals surface area contributed by atoms with Gasteiger partial charge in [-0.3, -0.25) is 15.1 Å². The first kappa shape index (κ1) is 21.8. The number of hydrogen-bond donors (Lipinski definition) is 2. The summed E-state index contributed by atoms with van der Waals surface area (Å²) in [6.07, 6.45) is 5.63. The third-order valence-electron chi connectivity index (χ3n) is 5.28. The third-order valence-corrected chi connectivity index (χ3v) is 6.17. The van der Waals surface area contributed by atoms with Gasteiger partial charge in [-0.05, 0) is 44.0 Å². The summed E-state index contributed by atoms with van der Waals surface area (Å²) in [5.41, 5.74) is 0.191. The van der Waals surface area contributed by atoms with Gasteiger partial charge in [-0.2, -0.15) is 0 Å². The Morgan fingerprint density at radius 3 is 2.72 bits per heavy atom. The average Bonchev–Trinajstić information content (AvgIpc) is 3.23. The summed E-state index contributed by atoms with van der Waals surface area (Å²) in [5, 5.41) is 14.0. The van der Waals surface area contributed by atoms with Crippen LogP contribution in [0.2, 0.25) is 0 Å². The van der Waals surface area contributed by atoms with E-state index in [4.69, 9.17) is 4.74 Å². The maximum Gasteiger partial charge on any atom is 0.350 e. The van der Waals surface area contributed by atoms with Crippen LogP contribution in [0.4, 0.5) is 15.3 Å². The molecule has 0 spiro atoms. The van der Waals surface area contributed by atoms with Gasteiger partial charge < -0.3 is 10.1 Å². The summed E-state index contributed by atoms with van der Waals surface area (Å²) in [6.45, 7) is 2.44. The molecule has 0 aromatic carbocycles. The minimum atomic E-state index is -0.500. The van der Waals surface area contributed by atoms with Crippen LogP contribution in [0.5, 0.6) is 0 Å². The van der Waals surface area contributed by atoms with Gasteiger partial charge in [0.05, 0.1) is 18.5 Å². The fraction of sp³-hybridized carbons (Fsp3) is 0.333. The van der Waals surface area contributed by atoms with Gasteiger partial charge in [-0.1, -0.05) is 17.8 Å². The second-order valence-corrected chi connectivity index (χ2v) is 8.36. The fourth-order valence-corrected chi connectivity index (χ4v) is 4.18. The Morgan fingerprint density at radius 2 is 2.06 bits per heavy atom. The molecule has 166 valence electrons. The van der Waals surface area contributed by atoms with Crippen LogP contribution in [-0.2, 0) is 10.2 Å². The minimum absolute atomic E-state index is 0.0950. The van der Waals surface area contributed by atoms with E-state index >= 15 is 0 Å². The lowest BCUT2D eigenvalue weighted by Crippen LogP contribution is -2.42. The molecule has 0 bridgehead atoms. The number of carbonyl (C=O) groups is 2. The lowest BCUT2D eigenvalue weighted by atomic mass is 9.66. The molecule has 1 saturated carbocycles. The smallest absolute Gasteiger partial charge is 0.350 e. The van der Waals surface area contributed by atoms with Crippen molar-refractivity contribution in [3.05, 3.63) is 58.7 Å². The molecule has 0 saturated heterocycles. The molecule has 0 unspecified atom stereocenters. The molecule has 3 heterocycles. The number of nitrogens with zero attached hydrogens (tertiary/aromatic N) is 4. The molecule has 0 radical (unpaired) electrons. The van der Waals surface area contributed by atoms with Crippen molar-refractivity contribution in [2.24, 2.45) is 0 Å². The monoisotopic (exact) mass is 456 g/mol. The SMILES string of the molecule is CCOC(=O)c1cnc(NC(=O)c2ccc(NCC3(c4ncccc4F)CCC3)nn2)s1. The highest BCUT2D eigenvalue weighted by atomic mass is 32.1. The first-order valence-electron chi connectivity index (χ1n) is 10.1. The number of esters is 1. The number of halogens is 1. The molecule has 9 nitrogen and oxygen atoms in total. The maximum atomic E-state index is 14.2. The van der Waals surface area contributed by atoms with Gasteiger partial charge in [0, 0.05) is 18.2 Å². The zero-order chi connectivity index (χ0) is 22.6. The lowest BCUT2D eigenvalue weighted by molar-refractivity contribution is 0.0531. The van der Waals surface area contributed by atoms with E-state index < -0.39 is 11.9 Å². The van der Waals surface area contributed by atoms with Crippen molar-refractivity contribution in [2.45, 2.75) is 31.6 Å². The number of ether oxygens (including phenoxy) is 1. The van der Waals surface area contributed by atoms with Crippen molar-refractivity contribution in [3.63, 3.8) is 0 Å². The van der Waals surface area contributed by atoms with Gasteiger partial charge in [0.2, 0.25) is 0 Å². The van der Waals surface area contributed by atoms with Gasteiger partial charge in [-0.15, -0.1) is 10.2 Å². The number of anilines is 2. The molecule has 32 heavy (non-hydrogen) atoms. The Morgan fingerprint density at radius 1 is 1.22 bits per heavy atom. The second kappa shape index (κ2) is 9.35. The van der Waals surface area contributed by atoms with Crippen LogP contribution >= 0.6 is 11.3 Å². The average molecular weight is 457 g/mol. The summed E-state index contributed by atoms with van der Waals surface area (Å²) in [4.78, 5) is 32.6. The Balaban J connectivity index is 1.36. The van der Waals surface area contributed by atoms with Crippen LogP contribution in [0.1, 0.15) is 52.0 Å². The third kappa shape index (κ3) is 4.57. The minimum Gasteiger partial charge on any atom is -0.462 e. The van der Waals surface area contributed by atoms with Crippen LogP contribution < -0.4 is 10.6 Å². The number of nitrogens with one attached hydrogen (secondary N) is 2. The highest BCUT2D eigenvalue weighted by molar-refractivity contribution is 7.17. The predicted molar refractivity (Wildman–Crippen MR) is 116 cm³/mol. The summed E-state index contributed by atoms with van der Waals surface area (Å²) >= 11 is 1.01. The maximum absolute atomic E-state index is 14.2. The zero-order valence-electron chi connectivity index (χ0n) is 17.3. The second-order valence-electron chi connectivity index (χ2n) is 7.33. The molecule has 3 aromatic heterocycles. The van der Waals surface area contributed by atoms with Gasteiger partial charge in [0.1, 0.15) is 16.5 Å². The Hall–Kier alpha value is -3.47. The topological polar surface area (TPSA) is 119 Å². The Kier molecular flexibility index (Phi) is 6.35. The van der Waals surface area contributed by atoms with Crippen LogP contribution in [0.25, 0.3) is 0 Å². The normalized spacial score (nSPS) is 14.3. The molecule has 0 atom stereocenters. The highest BCUT2D eigenvalue weighted by Crippen LogP contribution is 2.43. The van der Waals surface area contributed by atoms with Crippen molar-refractivity contribution in [3.8, 4) is 0 Å². The van der Waals surface area contributed by atoms with Gasteiger partial charge in [-0.25, -0.2) is 14.2 Å². The number of rotatable bonds is 8. The summed E-state index contributed by atoms with van der Waals surface area (Å²) in [6, 6.07) is 6.17. The molecule has 1 aliphatic rings. The van der Waals surface area contributed by atoms with E-state index in [-0.39, 0.29) is 28.7 Å². The molecular weight excluding hydrogens is 435 g/mol. The molecule has 1 aliphatic carbocycles. The number of hydrogen-bond acceptors (Lipinski definition) is 9. The molecule has 0 aliphatic heterocycles. The van der Waals surface area contributed by atoms with Crippen molar-refractivity contribution in [1.82, 2.24) is 20.2 Å². The zero-order valence-corrected chi connectivity index (χ0v) is 18.1. The number of pyridine rings is 1. The van der Waals surface area contributed by atoms with Crippen molar-refractivity contribution in [2.75, 3.05) is 23.8 Å². The molecule has 4 rings (SSSR count). The van der Waals surface area contributed by atoms with Crippen molar-refractivity contribution in [1.29, 1.82) is 0 Å². The first-order chi connectivity index (χ1) is 15.5. The van der Waals surface area contributed by atoms with E-state index in [0.717, 1.165) is 30.6 Å². The van der Waals surface area contributed by atoms with Crippen LogP contribution in [0, 0.1) is 5.82 Å². The van der Waals surface area contributed by atoms with Gasteiger partial charge >= 0.3 is 5.97 Å². The van der Waals surface area contributed by atoms with E-state index in [9.17, 15) is 14.0 Å². The number of thiazole rings is 1. The lowest BCUT2D eigenvalue weighted by Gasteiger charge is -2.41. The quantitative estimate of drug-likeness (QED) is 0.495. The van der Waals surface area contributed by atoms with E-state index in [2.05, 4.69) is 30.8 Å². The summed E-state index contributed by atoms with van der Waals surface area (Å²) < 4.78 is 19.1. The highest BCUT2D eigenvalue weighted by Gasteiger charge is 2.41. The van der Waals surface area contributed by atoms with E-state index in [1.165, 1.54) is 18.3 Å². The van der Waals surface area contributed by atoms with Gasteiger partial charge in [0.15, 0.2) is 10.8 Å². The summed E-state index contributed by atoms with van der Waals surface area (Å²) in [5.74, 6) is -0.821. The molecule has 2 N–H and O–H groups in total. The van der Waals surface area contributed by atoms with Crippen LogP contribution in [0.15, 0.2) is 36.7 Å². The van der Waals surface area contributed by atoms with Crippen molar-refractivity contribution >= 4 is 34.2 Å². The first-order valence-corrected chi connectivity index (χ1v) is 11.0. The van der Waals surface area contributed by atoms with Crippen LogP contribution in [0.3, 0.4) is 0 Å². The number of carbonyl (C=O) groups excluding carboxylic acids is 2. The van der Waals surface area contributed by atoms with Gasteiger partial charge in [0.25, 0.3) is 5.91 Å². The molecule has 11 heteroatoms. The molecular formula is C21H21FN6O3S. The molecule has 3 aromatic rings. The van der Waals surface area contributed by atoms with Crippen LogP contribution in [-0.4, -0.2) is 45.2 Å². The molecule has 1 fully saturated rings. The number of aromatic nitrogens is 4. The predicted octanol–water partition coefficient (Wildman–Crippen LogP) is 3.43. The van der Waals surface area contributed by atoms with E-state index in [1.54, 1.807) is 25.3 Å². The fourth-order valence-electron chi connectivity index (χ4n) is 3.47. The summed E-state index contributed by atoms with van der Waals surface area (Å²) in [7, 11) is 0. The van der Waals surface area contributed by atoms with Crippen molar-refractivity contribution < 1.29 is 18.7 Å². The van der Waals surface area contributed by atoms with E-state index in [0.29, 0.717) is 22.9 Å². The standard InChI is InChI=1S/C21H21FN6O3S/c1-2-31-19(30)15-11-24-20(32-15)26-18(29)14-6-7-16(28-27-14)25-12-21(8-4-9-21)17-13(22)5-3-10-23-17/h3,5-7,10-11H,2,4,8-9,12H2,1H3,(H,25,28)(H,24,26,29). The molecule has 1 amide bonds.